The van der Waals surface area contributed by atoms with E-state index in [4.69, 9.17) is 0 Å². The van der Waals surface area contributed by atoms with Crippen molar-refractivity contribution in [3.8, 4) is 0 Å². The van der Waals surface area contributed by atoms with Gasteiger partial charge in [0.15, 0.2) is 0 Å². The molecule has 0 radical (unpaired) electrons. The van der Waals surface area contributed by atoms with Crippen molar-refractivity contribution in [1.82, 2.24) is 14.3 Å². The van der Waals surface area contributed by atoms with E-state index in [1.165, 1.54) is 16.6 Å². The Morgan fingerprint density at radius 1 is 1.12 bits per heavy atom. The molecule has 1 aromatic carbocycles. The van der Waals surface area contributed by atoms with Gasteiger partial charge in [0, 0.05) is 36.9 Å². The van der Waals surface area contributed by atoms with Crippen molar-refractivity contribution < 1.29 is 12.8 Å². The molecular weight excluding hydrogens is 463 g/mol. The van der Waals surface area contributed by atoms with Gasteiger partial charge in [-0.25, -0.2) is 17.8 Å². The largest absolute Gasteiger partial charge is 0.366 e. The van der Waals surface area contributed by atoms with Crippen LogP contribution in [0.1, 0.15) is 26.7 Å². The van der Waals surface area contributed by atoms with E-state index >= 15 is 4.39 Å². The summed E-state index contributed by atoms with van der Waals surface area (Å²) in [5.41, 5.74) is 1.86. The predicted molar refractivity (Wildman–Crippen MR) is 132 cm³/mol. The minimum absolute atomic E-state index is 0.246. The molecule has 2 N–H and O–H groups in total. The molecule has 2 atom stereocenters. The summed E-state index contributed by atoms with van der Waals surface area (Å²) in [6.07, 6.45) is 3.50. The van der Waals surface area contributed by atoms with E-state index in [1.54, 1.807) is 23.5 Å². The lowest BCUT2D eigenvalue weighted by molar-refractivity contribution is 0.242. The third-order valence-corrected chi connectivity index (χ3v) is 8.38. The maximum atomic E-state index is 15.1. The minimum Gasteiger partial charge on any atom is -0.366 e. The van der Waals surface area contributed by atoms with Crippen molar-refractivity contribution in [2.75, 3.05) is 34.9 Å². The van der Waals surface area contributed by atoms with Crippen LogP contribution >= 0.6 is 11.3 Å². The van der Waals surface area contributed by atoms with E-state index in [1.807, 2.05) is 30.2 Å². The smallest absolute Gasteiger partial charge is 0.229 e. The van der Waals surface area contributed by atoms with Gasteiger partial charge >= 0.3 is 0 Å². The minimum atomic E-state index is -3.32. The number of nitrogens with zero attached hydrogens (tertiary/aromatic N) is 4. The maximum Gasteiger partial charge on any atom is 0.229 e. The molecule has 1 saturated heterocycles. The number of aromatic nitrogens is 2. The maximum absolute atomic E-state index is 15.1. The number of hydrogen-bond acceptors (Lipinski definition) is 8. The highest BCUT2D eigenvalue weighted by molar-refractivity contribution is 7.88. The highest BCUT2D eigenvalue weighted by atomic mass is 32.2. The van der Waals surface area contributed by atoms with E-state index < -0.39 is 10.0 Å². The molecule has 1 aliphatic carbocycles. The zero-order valence-electron chi connectivity index (χ0n) is 18.7. The highest BCUT2D eigenvalue weighted by Gasteiger charge is 2.36. The number of rotatable bonds is 6. The van der Waals surface area contributed by atoms with E-state index in [2.05, 4.69) is 20.6 Å². The second-order valence-corrected chi connectivity index (χ2v) is 11.7. The van der Waals surface area contributed by atoms with Crippen molar-refractivity contribution >= 4 is 54.7 Å². The number of thiophene rings is 1. The predicted octanol–water partition coefficient (Wildman–Crippen LogP) is 4.01. The first-order valence-electron chi connectivity index (χ1n) is 11.0. The average molecular weight is 491 g/mol. The van der Waals surface area contributed by atoms with Gasteiger partial charge in [-0.3, -0.25) is 0 Å². The number of halogens is 1. The highest BCUT2D eigenvalue weighted by Crippen LogP contribution is 2.33. The van der Waals surface area contributed by atoms with Gasteiger partial charge in [0.1, 0.15) is 11.6 Å². The Labute approximate surface area is 196 Å². The van der Waals surface area contributed by atoms with Crippen LogP contribution in [0.3, 0.4) is 0 Å². The fraction of sp³-hybridized carbons (Fsp3) is 0.455. The molecule has 3 aromatic rings. The van der Waals surface area contributed by atoms with E-state index in [-0.39, 0.29) is 17.9 Å². The van der Waals surface area contributed by atoms with Crippen LogP contribution in [-0.4, -0.2) is 60.2 Å². The normalized spacial score (nSPS) is 22.0. The summed E-state index contributed by atoms with van der Waals surface area (Å²) in [6.45, 7) is 4.55. The second-order valence-electron chi connectivity index (χ2n) is 8.94. The molecule has 176 valence electrons. The summed E-state index contributed by atoms with van der Waals surface area (Å²) in [4.78, 5) is 11.1. The van der Waals surface area contributed by atoms with Crippen LogP contribution in [0.4, 0.5) is 27.5 Å². The van der Waals surface area contributed by atoms with Gasteiger partial charge in [-0.2, -0.15) is 9.29 Å². The summed E-state index contributed by atoms with van der Waals surface area (Å²) in [7, 11) is -3.32. The fourth-order valence-corrected chi connectivity index (χ4v) is 6.79. The Kier molecular flexibility index (Phi) is 5.66. The first-order valence-corrected chi connectivity index (χ1v) is 13.7. The van der Waals surface area contributed by atoms with Gasteiger partial charge in [-0.1, -0.05) is 0 Å². The lowest BCUT2D eigenvalue weighted by Gasteiger charge is -2.43. The second kappa shape index (κ2) is 8.37. The van der Waals surface area contributed by atoms with Crippen LogP contribution in [0.5, 0.6) is 0 Å². The summed E-state index contributed by atoms with van der Waals surface area (Å²) in [5, 5.41) is 8.57. The van der Waals surface area contributed by atoms with Gasteiger partial charge in [-0.05, 0) is 56.3 Å². The molecule has 3 heterocycles. The van der Waals surface area contributed by atoms with Crippen LogP contribution in [0.15, 0.2) is 29.6 Å². The number of piperazine rings is 1. The van der Waals surface area contributed by atoms with Crippen molar-refractivity contribution in [2.24, 2.45) is 0 Å². The molecule has 0 spiro atoms. The van der Waals surface area contributed by atoms with Crippen LogP contribution in [0.2, 0.25) is 0 Å². The van der Waals surface area contributed by atoms with Crippen molar-refractivity contribution in [2.45, 2.75) is 44.8 Å². The summed E-state index contributed by atoms with van der Waals surface area (Å²) in [6, 6.07) is 6.87. The first-order chi connectivity index (χ1) is 15.7. The topological polar surface area (TPSA) is 90.5 Å². The number of sulfonamides is 1. The van der Waals surface area contributed by atoms with Crippen molar-refractivity contribution in [3.05, 3.63) is 35.5 Å². The van der Waals surface area contributed by atoms with Gasteiger partial charge in [0.2, 0.25) is 16.0 Å². The zero-order valence-corrected chi connectivity index (χ0v) is 20.4. The Hall–Kier alpha value is -2.50. The lowest BCUT2D eigenvalue weighted by Crippen LogP contribution is -2.58. The molecule has 2 aromatic heterocycles. The SMILES string of the molecule is C[C@@H]1CN(c2ccc(Nc3nc(NC4CC4)c4sccc4n3)cc2F)C[C@H](C)N1S(C)(=O)=O. The quantitative estimate of drug-likeness (QED) is 0.540. The summed E-state index contributed by atoms with van der Waals surface area (Å²) >= 11 is 1.60. The molecule has 5 rings (SSSR count). The molecule has 11 heteroatoms. The van der Waals surface area contributed by atoms with Crippen LogP contribution in [0, 0.1) is 5.82 Å². The summed E-state index contributed by atoms with van der Waals surface area (Å²) in [5.74, 6) is 0.851. The van der Waals surface area contributed by atoms with Gasteiger partial charge in [0.05, 0.1) is 22.2 Å². The average Bonchev–Trinajstić information content (AvgIpc) is 3.39. The number of hydrogen-bond donors (Lipinski definition) is 2. The van der Waals surface area contributed by atoms with Gasteiger partial charge < -0.3 is 15.5 Å². The molecule has 1 aliphatic heterocycles. The van der Waals surface area contributed by atoms with Crippen LogP contribution < -0.4 is 15.5 Å². The van der Waals surface area contributed by atoms with E-state index in [9.17, 15) is 8.42 Å². The van der Waals surface area contributed by atoms with E-state index in [0.717, 1.165) is 28.9 Å². The molecule has 33 heavy (non-hydrogen) atoms. The third kappa shape index (κ3) is 4.62. The van der Waals surface area contributed by atoms with Crippen molar-refractivity contribution in [1.29, 1.82) is 0 Å². The van der Waals surface area contributed by atoms with E-state index in [0.29, 0.717) is 36.5 Å². The Balaban J connectivity index is 1.36. The fourth-order valence-electron chi connectivity index (χ4n) is 4.57. The summed E-state index contributed by atoms with van der Waals surface area (Å²) < 4.78 is 41.8. The number of benzene rings is 1. The monoisotopic (exact) mass is 490 g/mol. The molecule has 0 unspecified atom stereocenters. The molecule has 0 amide bonds. The number of nitrogens with one attached hydrogen (secondary N) is 2. The van der Waals surface area contributed by atoms with Gasteiger partial charge in [-0.15, -0.1) is 11.3 Å². The number of anilines is 4. The Bertz CT molecular complexity index is 1280. The first kappa shape index (κ1) is 22.3. The Morgan fingerprint density at radius 3 is 2.48 bits per heavy atom. The molecular formula is C22H27FN6O2S2. The molecule has 2 aliphatic rings. The molecule has 2 fully saturated rings. The zero-order chi connectivity index (χ0) is 23.3. The van der Waals surface area contributed by atoms with Crippen molar-refractivity contribution in [3.63, 3.8) is 0 Å². The van der Waals surface area contributed by atoms with Crippen LogP contribution in [-0.2, 0) is 10.0 Å². The lowest BCUT2D eigenvalue weighted by atomic mass is 10.1. The number of fused-ring (bicyclic) bond motifs is 1. The molecule has 0 bridgehead atoms. The van der Waals surface area contributed by atoms with Gasteiger partial charge in [0.25, 0.3) is 0 Å². The molecule has 8 nitrogen and oxygen atoms in total. The van der Waals surface area contributed by atoms with Crippen LogP contribution in [0.25, 0.3) is 10.2 Å². The standard InChI is InChI=1S/C22H27FN6O2S2/c1-13-11-28(12-14(2)29(13)33(3,30)31)19-7-6-16(10-17(19)23)25-22-26-18-8-9-32-20(18)21(27-22)24-15-4-5-15/h6-10,13-15H,4-5,11-12H2,1-3H3,(H2,24,25,26,27)/t13-,14+. The molecule has 1 saturated carbocycles. The third-order valence-electron chi connectivity index (χ3n) is 5.99. The Morgan fingerprint density at radius 2 is 1.85 bits per heavy atom.